The molecule has 1 aliphatic heterocycles. The molecule has 25 heavy (non-hydrogen) atoms. The van der Waals surface area contributed by atoms with Gasteiger partial charge in [-0.25, -0.2) is 9.97 Å². The Balaban J connectivity index is 1.53. The van der Waals surface area contributed by atoms with Crippen LogP contribution in [-0.2, 0) is 9.53 Å². The third kappa shape index (κ3) is 3.52. The molecule has 128 valence electrons. The lowest BCUT2D eigenvalue weighted by molar-refractivity contribution is -0.123. The van der Waals surface area contributed by atoms with E-state index in [4.69, 9.17) is 4.74 Å². The lowest BCUT2D eigenvalue weighted by atomic mass is 10.0. The monoisotopic (exact) mass is 357 g/mol. The first-order chi connectivity index (χ1) is 12.2. The molecule has 4 rings (SSSR count). The van der Waals surface area contributed by atoms with Gasteiger partial charge in [0.2, 0.25) is 11.9 Å². The Bertz CT molecular complexity index is 922. The number of nitrogens with one attached hydrogen (secondary N) is 1. The fourth-order valence-corrected chi connectivity index (χ4v) is 3.70. The number of hydrogen-bond acceptors (Lipinski definition) is 5. The highest BCUT2D eigenvalue weighted by Crippen LogP contribution is 2.31. The van der Waals surface area contributed by atoms with Crippen molar-refractivity contribution in [3.8, 4) is 10.4 Å². The molecule has 1 aromatic carbocycles. The molecule has 1 aliphatic rings. The number of anilines is 1. The number of aromatic nitrogens is 2. The van der Waals surface area contributed by atoms with Gasteiger partial charge in [0.15, 0.2) is 5.13 Å². The summed E-state index contributed by atoms with van der Waals surface area (Å²) >= 11 is 1.40. The number of nitrogens with zero attached hydrogens (tertiary/aromatic N) is 2. The molecule has 0 saturated carbocycles. The van der Waals surface area contributed by atoms with Crippen LogP contribution in [0.2, 0.25) is 0 Å². The van der Waals surface area contributed by atoms with Gasteiger partial charge < -0.3 is 10.1 Å². The molecule has 2 aromatic heterocycles. The minimum absolute atomic E-state index is 0.0488. The number of hydrogen-bond donors (Lipinski definition) is 1. The van der Waals surface area contributed by atoms with Gasteiger partial charge in [-0.1, -0.05) is 23.5 Å². The second-order valence-electron chi connectivity index (χ2n) is 6.00. The first-order valence-corrected chi connectivity index (χ1v) is 8.91. The van der Waals surface area contributed by atoms with E-state index in [0.29, 0.717) is 11.7 Å². The van der Waals surface area contributed by atoms with Crippen molar-refractivity contribution in [2.24, 2.45) is 5.92 Å². The van der Waals surface area contributed by atoms with Crippen LogP contribution in [0.3, 0.4) is 0 Å². The van der Waals surface area contributed by atoms with Crippen molar-refractivity contribution < 1.29 is 13.9 Å². The normalized spacial score (nSPS) is 17.6. The Morgan fingerprint density at radius 3 is 3.00 bits per heavy atom. The maximum atomic E-state index is 13.3. The molecule has 1 amide bonds. The Morgan fingerprint density at radius 1 is 1.24 bits per heavy atom. The molecule has 0 bridgehead atoms. The maximum absolute atomic E-state index is 13.3. The highest BCUT2D eigenvalue weighted by molar-refractivity contribution is 7.19. The minimum Gasteiger partial charge on any atom is -0.381 e. The predicted molar refractivity (Wildman–Crippen MR) is 95.0 cm³/mol. The van der Waals surface area contributed by atoms with Crippen LogP contribution in [-0.4, -0.2) is 29.1 Å². The Labute approximate surface area is 147 Å². The largest absolute Gasteiger partial charge is 0.381 e. The zero-order chi connectivity index (χ0) is 17.2. The van der Waals surface area contributed by atoms with E-state index in [0.717, 1.165) is 40.7 Å². The van der Waals surface area contributed by atoms with Gasteiger partial charge >= 0.3 is 0 Å². The highest BCUT2D eigenvalue weighted by Gasteiger charge is 2.22. The molecule has 1 atom stereocenters. The molecule has 1 unspecified atom stereocenters. The van der Waals surface area contributed by atoms with Crippen molar-refractivity contribution in [3.05, 3.63) is 42.6 Å². The third-order valence-electron chi connectivity index (χ3n) is 4.24. The molecule has 1 fully saturated rings. The summed E-state index contributed by atoms with van der Waals surface area (Å²) in [5.41, 5.74) is 0.928. The average Bonchev–Trinajstić information content (AvgIpc) is 3.10. The number of benzene rings is 1. The van der Waals surface area contributed by atoms with Crippen molar-refractivity contribution in [2.45, 2.75) is 12.8 Å². The van der Waals surface area contributed by atoms with Gasteiger partial charge in [-0.15, -0.1) is 0 Å². The van der Waals surface area contributed by atoms with Crippen molar-refractivity contribution in [2.75, 3.05) is 18.5 Å². The predicted octanol–water partition coefficient (Wildman–Crippen LogP) is 3.86. The van der Waals surface area contributed by atoms with Gasteiger partial charge in [0, 0.05) is 30.5 Å². The summed E-state index contributed by atoms with van der Waals surface area (Å²) in [5.74, 6) is -0.666. The number of thiazole rings is 1. The molecule has 0 spiro atoms. The van der Waals surface area contributed by atoms with Crippen LogP contribution in [0.4, 0.5) is 9.52 Å². The number of pyridine rings is 1. The van der Waals surface area contributed by atoms with Crippen molar-refractivity contribution in [3.63, 3.8) is 0 Å². The number of carbonyl (C=O) groups excluding carboxylic acids is 1. The number of rotatable bonds is 3. The average molecular weight is 357 g/mol. The highest BCUT2D eigenvalue weighted by atomic mass is 32.1. The SMILES string of the molecule is O=C(Nc1ncc(-c2ccc3cnc(F)cc3c2)s1)C1CCCOC1. The van der Waals surface area contributed by atoms with Crippen LogP contribution in [0.5, 0.6) is 0 Å². The van der Waals surface area contributed by atoms with Gasteiger partial charge in [-0.05, 0) is 29.9 Å². The van der Waals surface area contributed by atoms with Crippen molar-refractivity contribution >= 4 is 33.1 Å². The van der Waals surface area contributed by atoms with Gasteiger partial charge in [0.05, 0.1) is 17.4 Å². The van der Waals surface area contributed by atoms with E-state index < -0.39 is 5.95 Å². The van der Waals surface area contributed by atoms with E-state index in [1.165, 1.54) is 23.6 Å². The van der Waals surface area contributed by atoms with Crippen LogP contribution in [0.25, 0.3) is 21.2 Å². The molecule has 5 nitrogen and oxygen atoms in total. The van der Waals surface area contributed by atoms with Crippen LogP contribution in [0.1, 0.15) is 12.8 Å². The lowest BCUT2D eigenvalue weighted by Crippen LogP contribution is -2.30. The summed E-state index contributed by atoms with van der Waals surface area (Å²) in [4.78, 5) is 21.1. The van der Waals surface area contributed by atoms with E-state index >= 15 is 0 Å². The maximum Gasteiger partial charge on any atom is 0.231 e. The molecule has 0 radical (unpaired) electrons. The molecule has 7 heteroatoms. The molecular formula is C18H16FN3O2S. The zero-order valence-corrected chi connectivity index (χ0v) is 14.2. The van der Waals surface area contributed by atoms with E-state index in [2.05, 4.69) is 15.3 Å². The van der Waals surface area contributed by atoms with E-state index in [9.17, 15) is 9.18 Å². The van der Waals surface area contributed by atoms with E-state index in [1.54, 1.807) is 6.20 Å². The number of amides is 1. The second kappa shape index (κ2) is 6.85. The topological polar surface area (TPSA) is 64.1 Å². The summed E-state index contributed by atoms with van der Waals surface area (Å²) < 4.78 is 18.7. The van der Waals surface area contributed by atoms with E-state index in [-0.39, 0.29) is 11.8 Å². The van der Waals surface area contributed by atoms with E-state index in [1.807, 2.05) is 18.2 Å². The van der Waals surface area contributed by atoms with Gasteiger partial charge in [-0.2, -0.15) is 4.39 Å². The fourth-order valence-electron chi connectivity index (χ4n) is 2.89. The Kier molecular flexibility index (Phi) is 4.42. The van der Waals surface area contributed by atoms with Crippen LogP contribution in [0, 0.1) is 11.9 Å². The molecular weight excluding hydrogens is 341 g/mol. The number of ether oxygens (including phenoxy) is 1. The fraction of sp³-hybridized carbons (Fsp3) is 0.278. The molecule has 1 saturated heterocycles. The third-order valence-corrected chi connectivity index (χ3v) is 5.20. The molecule has 1 N–H and O–H groups in total. The quantitative estimate of drug-likeness (QED) is 0.723. The van der Waals surface area contributed by atoms with Crippen LogP contribution >= 0.6 is 11.3 Å². The first-order valence-electron chi connectivity index (χ1n) is 8.09. The first kappa shape index (κ1) is 16.1. The summed E-state index contributed by atoms with van der Waals surface area (Å²) in [7, 11) is 0. The molecule has 3 heterocycles. The Hall–Kier alpha value is -2.38. The Morgan fingerprint density at radius 2 is 2.16 bits per heavy atom. The van der Waals surface area contributed by atoms with Crippen molar-refractivity contribution in [1.29, 1.82) is 0 Å². The van der Waals surface area contributed by atoms with Gasteiger partial charge in [0.1, 0.15) is 0 Å². The summed E-state index contributed by atoms with van der Waals surface area (Å²) in [6.45, 7) is 1.19. The number of halogens is 1. The zero-order valence-electron chi connectivity index (χ0n) is 13.4. The molecule has 0 aliphatic carbocycles. The van der Waals surface area contributed by atoms with Gasteiger partial charge in [-0.3, -0.25) is 4.79 Å². The standard InChI is InChI=1S/C18H16FN3O2S/c19-16-7-14-6-11(3-4-12(14)8-20-16)15-9-21-18(25-15)22-17(23)13-2-1-5-24-10-13/h3-4,6-9,13H,1-2,5,10H2,(H,21,22,23). The van der Waals surface area contributed by atoms with Gasteiger partial charge in [0.25, 0.3) is 0 Å². The minimum atomic E-state index is -0.503. The smallest absolute Gasteiger partial charge is 0.231 e. The van der Waals surface area contributed by atoms with Crippen molar-refractivity contribution in [1.82, 2.24) is 9.97 Å². The number of carbonyl (C=O) groups is 1. The second-order valence-corrected chi connectivity index (χ2v) is 7.03. The van der Waals surface area contributed by atoms with Crippen LogP contribution < -0.4 is 5.32 Å². The summed E-state index contributed by atoms with van der Waals surface area (Å²) in [5, 5.41) is 5.08. The summed E-state index contributed by atoms with van der Waals surface area (Å²) in [6.07, 6.45) is 4.98. The van der Waals surface area contributed by atoms with Crippen LogP contribution in [0.15, 0.2) is 36.7 Å². The lowest BCUT2D eigenvalue weighted by Gasteiger charge is -2.20. The molecule has 3 aromatic rings. The number of fused-ring (bicyclic) bond motifs is 1. The summed E-state index contributed by atoms with van der Waals surface area (Å²) in [6, 6.07) is 7.14.